The topological polar surface area (TPSA) is 84.6 Å². The fourth-order valence-corrected chi connectivity index (χ4v) is 4.86. The van der Waals surface area contributed by atoms with Gasteiger partial charge in [0.1, 0.15) is 0 Å². The number of fused-ring (bicyclic) bond motifs is 1. The van der Waals surface area contributed by atoms with E-state index in [9.17, 15) is 26.4 Å². The maximum Gasteiger partial charge on any atom is 0.404 e. The Morgan fingerprint density at radius 1 is 1.19 bits per heavy atom. The number of carbonyl (C=O) groups is 1. The number of aromatic nitrogens is 3. The van der Waals surface area contributed by atoms with Crippen LogP contribution in [0.3, 0.4) is 0 Å². The van der Waals surface area contributed by atoms with Crippen LogP contribution in [0.2, 0.25) is 0 Å². The molecular formula is C20H15F3N4O3S2. The molecule has 0 saturated carbocycles. The van der Waals surface area contributed by atoms with Crippen molar-refractivity contribution in [2.24, 2.45) is 0 Å². The summed E-state index contributed by atoms with van der Waals surface area (Å²) in [5.74, 6) is -2.19. The molecule has 12 heteroatoms. The lowest BCUT2D eigenvalue weighted by Crippen LogP contribution is -2.35. The lowest BCUT2D eigenvalue weighted by molar-refractivity contribution is -0.106. The molecule has 0 saturated heterocycles. The molecule has 0 atom stereocenters. The summed E-state index contributed by atoms with van der Waals surface area (Å²) < 4.78 is 64.3. The molecule has 0 aliphatic carbocycles. The lowest BCUT2D eigenvalue weighted by atomic mass is 10.1. The number of rotatable bonds is 6. The predicted octanol–water partition coefficient (Wildman–Crippen LogP) is 4.02. The van der Waals surface area contributed by atoms with E-state index >= 15 is 0 Å². The minimum Gasteiger partial charge on any atom is -0.287 e. The van der Waals surface area contributed by atoms with Gasteiger partial charge in [0, 0.05) is 18.8 Å². The van der Waals surface area contributed by atoms with E-state index in [1.54, 1.807) is 29.6 Å². The molecule has 32 heavy (non-hydrogen) atoms. The zero-order chi connectivity index (χ0) is 23.1. The van der Waals surface area contributed by atoms with Gasteiger partial charge in [-0.25, -0.2) is 17.9 Å². The van der Waals surface area contributed by atoms with E-state index in [1.807, 2.05) is 0 Å². The fraction of sp³-hybridized carbons (Fsp3) is 0.150. The van der Waals surface area contributed by atoms with E-state index in [0.29, 0.717) is 31.7 Å². The Morgan fingerprint density at radius 2 is 1.97 bits per heavy atom. The third kappa shape index (κ3) is 4.23. The first kappa shape index (κ1) is 22.0. The zero-order valence-electron chi connectivity index (χ0n) is 16.4. The number of thiophene rings is 1. The number of carbonyl (C=O) groups excluding carboxylic acids is 1. The number of ketones is 1. The molecule has 0 fully saturated rings. The molecule has 0 spiro atoms. The number of sulfonamides is 1. The van der Waals surface area contributed by atoms with Crippen molar-refractivity contribution in [1.29, 1.82) is 0 Å². The van der Waals surface area contributed by atoms with Gasteiger partial charge < -0.3 is 0 Å². The van der Waals surface area contributed by atoms with Crippen LogP contribution in [-0.2, 0) is 10.0 Å². The van der Waals surface area contributed by atoms with Crippen LogP contribution < -0.4 is 4.31 Å². The van der Waals surface area contributed by atoms with Crippen LogP contribution in [0.1, 0.15) is 15.2 Å². The Labute approximate surface area is 184 Å². The normalized spacial score (nSPS) is 12.2. The predicted molar refractivity (Wildman–Crippen MR) is 114 cm³/mol. The van der Waals surface area contributed by atoms with E-state index in [-0.39, 0.29) is 11.5 Å². The van der Waals surface area contributed by atoms with Crippen LogP contribution in [0.5, 0.6) is 0 Å². The zero-order valence-corrected chi connectivity index (χ0v) is 18.1. The summed E-state index contributed by atoms with van der Waals surface area (Å²) in [5.41, 5.74) is 1.64. The summed E-state index contributed by atoms with van der Waals surface area (Å²) in [6, 6.07) is 11.1. The van der Waals surface area contributed by atoms with Gasteiger partial charge in [0.2, 0.25) is 15.8 Å². The maximum atomic E-state index is 12.8. The van der Waals surface area contributed by atoms with Crippen LogP contribution in [0.15, 0.2) is 60.2 Å². The molecule has 4 aromatic rings. The first-order chi connectivity index (χ1) is 15.1. The molecule has 0 bridgehead atoms. The van der Waals surface area contributed by atoms with Gasteiger partial charge in [0.05, 0.1) is 28.0 Å². The highest BCUT2D eigenvalue weighted by molar-refractivity contribution is 7.92. The van der Waals surface area contributed by atoms with Gasteiger partial charge in [-0.2, -0.15) is 18.3 Å². The molecule has 0 aliphatic rings. The standard InChI is InChI=1S/C20H15F3N4O3S2/c1-26(32(29,30)12-20(21,22)23)14-5-2-4-13(10-14)16-7-8-24-19-15(11-25-27(16)19)18(28)17-6-3-9-31-17/h2-11H,12H2,1H3. The van der Waals surface area contributed by atoms with Crippen LogP contribution in [0.4, 0.5) is 18.9 Å². The Balaban J connectivity index is 1.74. The van der Waals surface area contributed by atoms with Gasteiger partial charge in [-0.15, -0.1) is 11.3 Å². The average Bonchev–Trinajstić information content (AvgIpc) is 3.41. The van der Waals surface area contributed by atoms with E-state index < -0.39 is 22.0 Å². The summed E-state index contributed by atoms with van der Waals surface area (Å²) in [5, 5.41) is 6.04. The first-order valence-electron chi connectivity index (χ1n) is 9.11. The van der Waals surface area contributed by atoms with E-state index in [0.717, 1.165) is 7.05 Å². The molecule has 0 radical (unpaired) electrons. The van der Waals surface area contributed by atoms with Crippen LogP contribution in [0, 0.1) is 0 Å². The van der Waals surface area contributed by atoms with E-state index in [1.165, 1.54) is 46.4 Å². The Kier molecular flexibility index (Phi) is 5.51. The lowest BCUT2D eigenvalue weighted by Gasteiger charge is -2.21. The molecular weight excluding hydrogens is 465 g/mol. The first-order valence-corrected chi connectivity index (χ1v) is 11.6. The van der Waals surface area contributed by atoms with Crippen molar-refractivity contribution in [2.45, 2.75) is 6.18 Å². The molecule has 0 amide bonds. The van der Waals surface area contributed by atoms with Gasteiger partial charge in [-0.3, -0.25) is 9.10 Å². The summed E-state index contributed by atoms with van der Waals surface area (Å²) in [7, 11) is -3.55. The third-order valence-electron chi connectivity index (χ3n) is 4.66. The second-order valence-electron chi connectivity index (χ2n) is 6.82. The number of halogens is 3. The van der Waals surface area contributed by atoms with Crippen molar-refractivity contribution in [3.05, 3.63) is 70.7 Å². The monoisotopic (exact) mass is 480 g/mol. The Hall–Kier alpha value is -3.25. The SMILES string of the molecule is CN(c1cccc(-c2ccnc3c(C(=O)c4cccs4)cnn23)c1)S(=O)(=O)CC(F)(F)F. The van der Waals surface area contributed by atoms with Crippen LogP contribution in [0.25, 0.3) is 16.9 Å². The number of alkyl halides is 3. The molecule has 0 unspecified atom stereocenters. The fourth-order valence-electron chi connectivity index (χ4n) is 3.14. The molecule has 3 heterocycles. The summed E-state index contributed by atoms with van der Waals surface area (Å²) >= 11 is 1.29. The van der Waals surface area contributed by atoms with Crippen molar-refractivity contribution in [3.63, 3.8) is 0 Å². The highest BCUT2D eigenvalue weighted by Gasteiger charge is 2.37. The number of benzene rings is 1. The minimum absolute atomic E-state index is 0.0544. The average molecular weight is 480 g/mol. The summed E-state index contributed by atoms with van der Waals surface area (Å²) in [6.45, 7) is 0. The number of hydrogen-bond donors (Lipinski definition) is 0. The van der Waals surface area contributed by atoms with Crippen molar-refractivity contribution in [1.82, 2.24) is 14.6 Å². The minimum atomic E-state index is -4.86. The molecule has 0 N–H and O–H groups in total. The van der Waals surface area contributed by atoms with Crippen LogP contribution >= 0.6 is 11.3 Å². The van der Waals surface area contributed by atoms with Crippen LogP contribution in [-0.4, -0.2) is 47.8 Å². The number of hydrogen-bond acceptors (Lipinski definition) is 6. The van der Waals surface area contributed by atoms with Gasteiger partial charge in [0.15, 0.2) is 11.4 Å². The smallest absolute Gasteiger partial charge is 0.287 e. The Bertz CT molecular complexity index is 1400. The largest absolute Gasteiger partial charge is 0.404 e. The quantitative estimate of drug-likeness (QED) is 0.389. The summed E-state index contributed by atoms with van der Waals surface area (Å²) in [4.78, 5) is 17.5. The second kappa shape index (κ2) is 8.02. The molecule has 166 valence electrons. The third-order valence-corrected chi connectivity index (χ3v) is 7.27. The van der Waals surface area contributed by atoms with Crippen molar-refractivity contribution in [2.75, 3.05) is 17.1 Å². The van der Waals surface area contributed by atoms with Crippen molar-refractivity contribution < 1.29 is 26.4 Å². The molecule has 1 aromatic carbocycles. The van der Waals surface area contributed by atoms with Crippen molar-refractivity contribution in [3.8, 4) is 11.3 Å². The molecule has 7 nitrogen and oxygen atoms in total. The molecule has 4 rings (SSSR count). The van der Waals surface area contributed by atoms with Gasteiger partial charge >= 0.3 is 6.18 Å². The highest BCUT2D eigenvalue weighted by atomic mass is 32.2. The van der Waals surface area contributed by atoms with Gasteiger partial charge in [-0.05, 0) is 29.6 Å². The van der Waals surface area contributed by atoms with E-state index in [2.05, 4.69) is 10.1 Å². The number of nitrogens with zero attached hydrogens (tertiary/aromatic N) is 4. The molecule has 0 aliphatic heterocycles. The van der Waals surface area contributed by atoms with E-state index in [4.69, 9.17) is 0 Å². The van der Waals surface area contributed by atoms with Gasteiger partial charge in [0.25, 0.3) is 0 Å². The molecule has 3 aromatic heterocycles. The Morgan fingerprint density at radius 3 is 2.66 bits per heavy atom. The maximum absolute atomic E-state index is 12.8. The summed E-state index contributed by atoms with van der Waals surface area (Å²) in [6.07, 6.45) is -1.98. The van der Waals surface area contributed by atoms with Crippen molar-refractivity contribution >= 4 is 38.5 Å². The highest BCUT2D eigenvalue weighted by Crippen LogP contribution is 2.28. The number of anilines is 1. The van der Waals surface area contributed by atoms with Gasteiger partial charge in [-0.1, -0.05) is 18.2 Å². The second-order valence-corrected chi connectivity index (χ2v) is 9.77.